The van der Waals surface area contributed by atoms with Gasteiger partial charge in [0.25, 0.3) is 0 Å². The van der Waals surface area contributed by atoms with Crippen LogP contribution >= 0.6 is 0 Å². The molecular formula is C26H37NO5. The lowest BCUT2D eigenvalue weighted by Gasteiger charge is -2.48. The van der Waals surface area contributed by atoms with Gasteiger partial charge in [-0.1, -0.05) is 26.7 Å². The van der Waals surface area contributed by atoms with Crippen LogP contribution in [0.4, 0.5) is 0 Å². The second kappa shape index (κ2) is 10.5. The summed E-state index contributed by atoms with van der Waals surface area (Å²) in [6.45, 7) is 4.27. The van der Waals surface area contributed by atoms with Gasteiger partial charge >= 0.3 is 0 Å². The van der Waals surface area contributed by atoms with Crippen LogP contribution < -0.4 is 24.3 Å². The van der Waals surface area contributed by atoms with Crippen LogP contribution in [0.3, 0.4) is 0 Å². The van der Waals surface area contributed by atoms with E-state index in [2.05, 4.69) is 19.2 Å². The standard InChI is InChI=1S/C26H37NO5/c1-7-8-13-26(28)16-22(20-14-18(29-3)9-11-23(20)31-5)27-25(17(26)2)21-15-19(30-4)10-12-24(21)32-6/h9-12,14-15,17,22,25,27-28H,7-8,13,16H2,1-6H3. The third kappa shape index (κ3) is 4.81. The lowest BCUT2D eigenvalue weighted by Crippen LogP contribution is -2.52. The number of methoxy groups -OCH3 is 4. The van der Waals surface area contributed by atoms with Gasteiger partial charge in [-0.3, -0.25) is 0 Å². The Kier molecular flexibility index (Phi) is 7.91. The van der Waals surface area contributed by atoms with Gasteiger partial charge in [0.2, 0.25) is 0 Å². The number of piperidine rings is 1. The molecular weight excluding hydrogens is 406 g/mol. The summed E-state index contributed by atoms with van der Waals surface area (Å²) >= 11 is 0. The molecule has 1 saturated heterocycles. The summed E-state index contributed by atoms with van der Waals surface area (Å²) in [6.07, 6.45) is 3.31. The van der Waals surface area contributed by atoms with Gasteiger partial charge in [-0.05, 0) is 49.2 Å². The summed E-state index contributed by atoms with van der Waals surface area (Å²) in [7, 11) is 6.65. The van der Waals surface area contributed by atoms with Gasteiger partial charge < -0.3 is 29.4 Å². The molecule has 0 aromatic heterocycles. The fourth-order valence-electron chi connectivity index (χ4n) is 4.84. The molecule has 176 valence electrons. The third-order valence-corrected chi connectivity index (χ3v) is 6.83. The molecule has 2 aromatic carbocycles. The van der Waals surface area contributed by atoms with Crippen LogP contribution in [0, 0.1) is 5.92 Å². The number of hydrogen-bond acceptors (Lipinski definition) is 6. The Bertz CT molecular complexity index is 902. The Morgan fingerprint density at radius 2 is 1.47 bits per heavy atom. The molecule has 2 aromatic rings. The van der Waals surface area contributed by atoms with E-state index in [1.807, 2.05) is 36.4 Å². The summed E-state index contributed by atoms with van der Waals surface area (Å²) in [5, 5.41) is 15.7. The number of hydrogen-bond donors (Lipinski definition) is 2. The molecule has 0 saturated carbocycles. The number of benzene rings is 2. The first-order valence-corrected chi connectivity index (χ1v) is 11.3. The van der Waals surface area contributed by atoms with E-state index in [-0.39, 0.29) is 18.0 Å². The summed E-state index contributed by atoms with van der Waals surface area (Å²) in [6, 6.07) is 11.3. The largest absolute Gasteiger partial charge is 0.497 e. The first-order chi connectivity index (χ1) is 15.4. The highest BCUT2D eigenvalue weighted by molar-refractivity contribution is 5.46. The highest BCUT2D eigenvalue weighted by Gasteiger charge is 2.46. The van der Waals surface area contributed by atoms with Crippen molar-refractivity contribution in [2.45, 2.75) is 57.2 Å². The van der Waals surface area contributed by atoms with Gasteiger partial charge in [-0.15, -0.1) is 0 Å². The van der Waals surface area contributed by atoms with Crippen molar-refractivity contribution in [3.8, 4) is 23.0 Å². The molecule has 1 heterocycles. The molecule has 1 fully saturated rings. The molecule has 0 spiro atoms. The van der Waals surface area contributed by atoms with Crippen molar-refractivity contribution in [1.82, 2.24) is 5.32 Å². The Labute approximate surface area is 191 Å². The Morgan fingerprint density at radius 1 is 0.906 bits per heavy atom. The smallest absolute Gasteiger partial charge is 0.123 e. The lowest BCUT2D eigenvalue weighted by molar-refractivity contribution is -0.0756. The molecule has 4 atom stereocenters. The molecule has 6 nitrogen and oxygen atoms in total. The van der Waals surface area contributed by atoms with E-state index in [0.717, 1.165) is 53.4 Å². The number of rotatable bonds is 9. The number of unbranched alkanes of at least 4 members (excludes halogenated alkanes) is 1. The van der Waals surface area contributed by atoms with E-state index in [9.17, 15) is 5.11 Å². The van der Waals surface area contributed by atoms with Crippen LogP contribution in [-0.2, 0) is 0 Å². The van der Waals surface area contributed by atoms with Crippen LogP contribution in [0.25, 0.3) is 0 Å². The quantitative estimate of drug-likeness (QED) is 0.565. The zero-order chi connectivity index (χ0) is 23.3. The predicted octanol–water partition coefficient (Wildman–Crippen LogP) is 5.05. The summed E-state index contributed by atoms with van der Waals surface area (Å²) in [4.78, 5) is 0. The Morgan fingerprint density at radius 3 is 2.00 bits per heavy atom. The van der Waals surface area contributed by atoms with E-state index in [4.69, 9.17) is 18.9 Å². The molecule has 0 bridgehead atoms. The lowest BCUT2D eigenvalue weighted by atomic mass is 9.69. The summed E-state index contributed by atoms with van der Waals surface area (Å²) in [5.41, 5.74) is 1.10. The average molecular weight is 444 g/mol. The van der Waals surface area contributed by atoms with Gasteiger partial charge in [-0.2, -0.15) is 0 Å². The highest BCUT2D eigenvalue weighted by Crippen LogP contribution is 2.49. The SMILES string of the molecule is CCCCC1(O)CC(c2cc(OC)ccc2OC)NC(c2cc(OC)ccc2OC)C1C. The minimum Gasteiger partial charge on any atom is -0.497 e. The molecule has 0 radical (unpaired) electrons. The number of aliphatic hydroxyl groups is 1. The molecule has 2 N–H and O–H groups in total. The number of nitrogens with one attached hydrogen (secondary N) is 1. The van der Waals surface area contributed by atoms with Crippen LogP contribution in [-0.4, -0.2) is 39.1 Å². The van der Waals surface area contributed by atoms with Gasteiger partial charge in [0, 0.05) is 29.1 Å². The molecule has 1 aliphatic heterocycles. The van der Waals surface area contributed by atoms with E-state index in [1.165, 1.54) is 0 Å². The zero-order valence-electron chi connectivity index (χ0n) is 20.1. The fraction of sp³-hybridized carbons (Fsp3) is 0.538. The minimum atomic E-state index is -0.848. The van der Waals surface area contributed by atoms with E-state index in [0.29, 0.717) is 6.42 Å². The third-order valence-electron chi connectivity index (χ3n) is 6.83. The normalized spacial score (nSPS) is 25.3. The fourth-order valence-corrected chi connectivity index (χ4v) is 4.84. The van der Waals surface area contributed by atoms with Crippen molar-refractivity contribution >= 4 is 0 Å². The van der Waals surface area contributed by atoms with Gasteiger partial charge in [0.05, 0.1) is 34.0 Å². The maximum atomic E-state index is 11.9. The first kappa shape index (κ1) is 24.2. The molecule has 4 unspecified atom stereocenters. The van der Waals surface area contributed by atoms with Crippen molar-refractivity contribution in [3.63, 3.8) is 0 Å². The second-order valence-corrected chi connectivity index (χ2v) is 8.61. The van der Waals surface area contributed by atoms with Crippen molar-refractivity contribution in [3.05, 3.63) is 47.5 Å². The number of ether oxygens (including phenoxy) is 4. The van der Waals surface area contributed by atoms with Crippen molar-refractivity contribution in [1.29, 1.82) is 0 Å². The van der Waals surface area contributed by atoms with Crippen LogP contribution in [0.15, 0.2) is 36.4 Å². The maximum absolute atomic E-state index is 11.9. The summed E-state index contributed by atoms with van der Waals surface area (Å²) in [5.74, 6) is 3.02. The molecule has 0 amide bonds. The maximum Gasteiger partial charge on any atom is 0.123 e. The van der Waals surface area contributed by atoms with Crippen LogP contribution in [0.5, 0.6) is 23.0 Å². The Hall–Kier alpha value is -2.44. The Balaban J connectivity index is 2.11. The van der Waals surface area contributed by atoms with E-state index < -0.39 is 5.60 Å². The van der Waals surface area contributed by atoms with Crippen LogP contribution in [0.2, 0.25) is 0 Å². The van der Waals surface area contributed by atoms with Crippen molar-refractivity contribution < 1.29 is 24.1 Å². The molecule has 1 aliphatic rings. The van der Waals surface area contributed by atoms with Gasteiger partial charge in [0.15, 0.2) is 0 Å². The monoisotopic (exact) mass is 443 g/mol. The van der Waals surface area contributed by atoms with Crippen molar-refractivity contribution in [2.75, 3.05) is 28.4 Å². The predicted molar refractivity (Wildman–Crippen MR) is 126 cm³/mol. The molecule has 3 rings (SSSR count). The summed E-state index contributed by atoms with van der Waals surface area (Å²) < 4.78 is 22.3. The molecule has 6 heteroatoms. The van der Waals surface area contributed by atoms with Crippen molar-refractivity contribution in [2.24, 2.45) is 5.92 Å². The van der Waals surface area contributed by atoms with Crippen LogP contribution in [0.1, 0.15) is 62.7 Å². The minimum absolute atomic E-state index is 0.0390. The van der Waals surface area contributed by atoms with Gasteiger partial charge in [-0.25, -0.2) is 0 Å². The second-order valence-electron chi connectivity index (χ2n) is 8.61. The highest BCUT2D eigenvalue weighted by atomic mass is 16.5. The molecule has 32 heavy (non-hydrogen) atoms. The van der Waals surface area contributed by atoms with Gasteiger partial charge in [0.1, 0.15) is 23.0 Å². The van der Waals surface area contributed by atoms with E-state index >= 15 is 0 Å². The molecule has 0 aliphatic carbocycles. The van der Waals surface area contributed by atoms with E-state index in [1.54, 1.807) is 28.4 Å². The topological polar surface area (TPSA) is 69.2 Å². The average Bonchev–Trinajstić information content (AvgIpc) is 2.83. The zero-order valence-corrected chi connectivity index (χ0v) is 20.1. The first-order valence-electron chi connectivity index (χ1n) is 11.3.